The lowest BCUT2D eigenvalue weighted by atomic mass is 10.1. The molecule has 2 rings (SSSR count). The molecule has 0 saturated heterocycles. The molecule has 11 nitrogen and oxygen atoms in total. The van der Waals surface area contributed by atoms with Gasteiger partial charge in [-0.1, -0.05) is 60.7 Å². The predicted molar refractivity (Wildman–Crippen MR) is 164 cm³/mol. The van der Waals surface area contributed by atoms with E-state index < -0.39 is 29.8 Å². The summed E-state index contributed by atoms with van der Waals surface area (Å²) in [6.45, 7) is 4.84. The third-order valence-corrected chi connectivity index (χ3v) is 7.17. The van der Waals surface area contributed by atoms with Gasteiger partial charge in [-0.05, 0) is 63.9 Å². The zero-order valence-corrected chi connectivity index (χ0v) is 24.9. The molecule has 230 valence electrons. The maximum absolute atomic E-state index is 14.0. The van der Waals surface area contributed by atoms with Crippen molar-refractivity contribution in [3.05, 3.63) is 71.8 Å². The second-order valence-corrected chi connectivity index (χ2v) is 10.3. The molecule has 0 heterocycles. The fourth-order valence-electron chi connectivity index (χ4n) is 4.64. The van der Waals surface area contributed by atoms with Crippen molar-refractivity contribution in [3.8, 4) is 0 Å². The molecule has 0 aliphatic rings. The number of hydrogen-bond donors (Lipinski definition) is 4. The Balaban J connectivity index is 2.37. The van der Waals surface area contributed by atoms with Gasteiger partial charge in [-0.25, -0.2) is 0 Å². The summed E-state index contributed by atoms with van der Waals surface area (Å²) in [5, 5.41) is 3.10. The van der Waals surface area contributed by atoms with Crippen molar-refractivity contribution in [3.63, 3.8) is 0 Å². The number of nitrogens with one attached hydrogen (secondary N) is 1. The van der Waals surface area contributed by atoms with Crippen LogP contribution < -0.4 is 22.5 Å². The summed E-state index contributed by atoms with van der Waals surface area (Å²) in [6.07, 6.45) is 2.00. The summed E-state index contributed by atoms with van der Waals surface area (Å²) in [7, 11) is 0. The molecule has 0 aliphatic carbocycles. The lowest BCUT2D eigenvalue weighted by Gasteiger charge is -2.35. The van der Waals surface area contributed by atoms with Crippen molar-refractivity contribution in [1.82, 2.24) is 20.0 Å². The van der Waals surface area contributed by atoms with Gasteiger partial charge < -0.3 is 37.2 Å². The van der Waals surface area contributed by atoms with Crippen LogP contribution in [-0.2, 0) is 19.2 Å². The Morgan fingerprint density at radius 1 is 0.690 bits per heavy atom. The van der Waals surface area contributed by atoms with Gasteiger partial charge in [-0.3, -0.25) is 19.2 Å². The van der Waals surface area contributed by atoms with Crippen LogP contribution in [0, 0.1) is 0 Å². The van der Waals surface area contributed by atoms with E-state index in [0.29, 0.717) is 39.0 Å². The topological polar surface area (TPSA) is 168 Å². The van der Waals surface area contributed by atoms with E-state index in [1.54, 1.807) is 0 Å². The van der Waals surface area contributed by atoms with Crippen molar-refractivity contribution >= 4 is 23.6 Å². The summed E-state index contributed by atoms with van der Waals surface area (Å²) in [5.41, 5.74) is 18.3. The van der Waals surface area contributed by atoms with E-state index in [-0.39, 0.29) is 32.1 Å². The Hall–Kier alpha value is -3.80. The average Bonchev–Trinajstić information content (AvgIpc) is 3.00. The number of carbonyl (C=O) groups is 4. The lowest BCUT2D eigenvalue weighted by Crippen LogP contribution is -2.50. The minimum absolute atomic E-state index is 0.0468. The molecule has 0 bridgehead atoms. The van der Waals surface area contributed by atoms with E-state index in [9.17, 15) is 19.2 Å². The Labute approximate surface area is 249 Å². The minimum Gasteiger partial charge on any atom is -0.368 e. The third-order valence-electron chi connectivity index (χ3n) is 7.17. The van der Waals surface area contributed by atoms with Crippen LogP contribution in [0.3, 0.4) is 0 Å². The highest BCUT2D eigenvalue weighted by atomic mass is 16.2. The first-order chi connectivity index (χ1) is 20.2. The van der Waals surface area contributed by atoms with Crippen molar-refractivity contribution in [2.24, 2.45) is 17.2 Å². The van der Waals surface area contributed by atoms with Gasteiger partial charge in [0.15, 0.2) is 0 Å². The standard InChI is InChI=1S/C31H47N7O4/c1-24(26-12-5-3-6-13-26)37(29(40)20-35-18-11-17-33)23-31(42)38(25(2)27-14-7-4-8-15-27)22-30(41)36(21-28(34)39)19-10-9-16-32/h3-8,12-15,24-25,35H,9-11,16-23,32-33H2,1-2H3,(H2,34,39)/t24-,25+/m0/s1. The van der Waals surface area contributed by atoms with Crippen LogP contribution in [0.5, 0.6) is 0 Å². The van der Waals surface area contributed by atoms with Crippen LogP contribution >= 0.6 is 0 Å². The number of carbonyl (C=O) groups excluding carboxylic acids is 4. The first kappa shape index (κ1) is 34.4. The number of nitrogens with two attached hydrogens (primary N) is 3. The van der Waals surface area contributed by atoms with Gasteiger partial charge in [0.2, 0.25) is 23.6 Å². The van der Waals surface area contributed by atoms with Gasteiger partial charge in [-0.15, -0.1) is 0 Å². The number of hydrogen-bond acceptors (Lipinski definition) is 7. The Morgan fingerprint density at radius 3 is 1.69 bits per heavy atom. The fourth-order valence-corrected chi connectivity index (χ4v) is 4.64. The molecule has 42 heavy (non-hydrogen) atoms. The molecule has 7 N–H and O–H groups in total. The summed E-state index contributed by atoms with van der Waals surface area (Å²) < 4.78 is 0. The molecule has 11 heteroatoms. The highest BCUT2D eigenvalue weighted by Gasteiger charge is 2.31. The maximum Gasteiger partial charge on any atom is 0.243 e. The van der Waals surface area contributed by atoms with Crippen molar-refractivity contribution in [1.29, 1.82) is 0 Å². The molecule has 0 unspecified atom stereocenters. The molecule has 2 aromatic carbocycles. The van der Waals surface area contributed by atoms with Crippen LogP contribution in [0.25, 0.3) is 0 Å². The number of unbranched alkanes of at least 4 members (excludes halogenated alkanes) is 1. The molecule has 0 saturated carbocycles. The number of amides is 4. The predicted octanol–water partition coefficient (Wildman–Crippen LogP) is 1.16. The largest absolute Gasteiger partial charge is 0.368 e. The number of rotatable bonds is 19. The summed E-state index contributed by atoms with van der Waals surface area (Å²) >= 11 is 0. The van der Waals surface area contributed by atoms with Gasteiger partial charge >= 0.3 is 0 Å². The minimum atomic E-state index is -0.638. The zero-order chi connectivity index (χ0) is 30.9. The third kappa shape index (κ3) is 11.2. The SMILES string of the molecule is C[C@H](c1ccccc1)N(CC(=O)N(CCCCN)CC(N)=O)C(=O)CN(C(=O)CNCCCN)[C@@H](C)c1ccccc1. The van der Waals surface area contributed by atoms with Crippen molar-refractivity contribution in [2.75, 3.05) is 52.4 Å². The van der Waals surface area contributed by atoms with E-state index in [4.69, 9.17) is 17.2 Å². The van der Waals surface area contributed by atoms with Gasteiger partial charge in [0.1, 0.15) is 13.1 Å². The highest BCUT2D eigenvalue weighted by molar-refractivity contribution is 5.90. The fraction of sp³-hybridized carbons (Fsp3) is 0.484. The smallest absolute Gasteiger partial charge is 0.243 e. The zero-order valence-electron chi connectivity index (χ0n) is 24.9. The van der Waals surface area contributed by atoms with Crippen molar-refractivity contribution < 1.29 is 19.2 Å². The Morgan fingerprint density at radius 2 is 1.19 bits per heavy atom. The molecule has 0 aromatic heterocycles. The quantitative estimate of drug-likeness (QED) is 0.181. The number of primary amides is 1. The molecule has 0 aliphatic heterocycles. The molecule has 2 atom stereocenters. The van der Waals surface area contributed by atoms with E-state index in [1.165, 1.54) is 14.7 Å². The Bertz CT molecular complexity index is 1120. The summed E-state index contributed by atoms with van der Waals surface area (Å²) in [6, 6.07) is 18.0. The number of nitrogens with zero attached hydrogens (tertiary/aromatic N) is 3. The molecular formula is C31H47N7O4. The van der Waals surface area contributed by atoms with E-state index >= 15 is 0 Å². The molecule has 0 fully saturated rings. The summed E-state index contributed by atoms with van der Waals surface area (Å²) in [5.74, 6) is -1.67. The first-order valence-electron chi connectivity index (χ1n) is 14.5. The van der Waals surface area contributed by atoms with Gasteiger partial charge in [-0.2, -0.15) is 0 Å². The molecule has 0 spiro atoms. The summed E-state index contributed by atoms with van der Waals surface area (Å²) in [4.78, 5) is 57.1. The molecule has 0 radical (unpaired) electrons. The van der Waals surface area contributed by atoms with Gasteiger partial charge in [0.25, 0.3) is 0 Å². The second kappa shape index (κ2) is 18.6. The van der Waals surface area contributed by atoms with Crippen LogP contribution in [0.2, 0.25) is 0 Å². The van der Waals surface area contributed by atoms with Gasteiger partial charge in [0, 0.05) is 6.54 Å². The average molecular weight is 582 g/mol. The normalized spacial score (nSPS) is 12.3. The van der Waals surface area contributed by atoms with E-state index in [0.717, 1.165) is 17.5 Å². The second-order valence-electron chi connectivity index (χ2n) is 10.3. The van der Waals surface area contributed by atoms with Crippen molar-refractivity contribution in [2.45, 2.75) is 45.2 Å². The van der Waals surface area contributed by atoms with Crippen LogP contribution in [0.4, 0.5) is 0 Å². The molecule has 4 amide bonds. The van der Waals surface area contributed by atoms with E-state index in [1.807, 2.05) is 74.5 Å². The Kier molecular flexibility index (Phi) is 15.2. The van der Waals surface area contributed by atoms with Gasteiger partial charge in [0.05, 0.1) is 25.2 Å². The monoisotopic (exact) mass is 581 g/mol. The first-order valence-corrected chi connectivity index (χ1v) is 14.5. The maximum atomic E-state index is 14.0. The number of benzene rings is 2. The van der Waals surface area contributed by atoms with Crippen LogP contribution in [0.1, 0.15) is 56.3 Å². The molecule has 2 aromatic rings. The highest BCUT2D eigenvalue weighted by Crippen LogP contribution is 2.24. The van der Waals surface area contributed by atoms with Crippen LogP contribution in [0.15, 0.2) is 60.7 Å². The molecular weight excluding hydrogens is 534 g/mol. The lowest BCUT2D eigenvalue weighted by molar-refractivity contribution is -0.147. The van der Waals surface area contributed by atoms with Crippen LogP contribution in [-0.4, -0.2) is 90.7 Å². The van der Waals surface area contributed by atoms with E-state index in [2.05, 4.69) is 5.32 Å².